The molecule has 1 N–H and O–H groups in total. The van der Waals surface area contributed by atoms with Crippen LogP contribution in [0.4, 0.5) is 10.8 Å². The van der Waals surface area contributed by atoms with E-state index in [-0.39, 0.29) is 6.10 Å². The second kappa shape index (κ2) is 9.44. The number of nitrogens with one attached hydrogen (secondary N) is 1. The zero-order valence-electron chi connectivity index (χ0n) is 17.7. The van der Waals surface area contributed by atoms with E-state index in [1.54, 1.807) is 24.3 Å². The first-order valence-corrected chi connectivity index (χ1v) is 12.2. The van der Waals surface area contributed by atoms with Crippen LogP contribution in [0.1, 0.15) is 19.4 Å². The third-order valence-corrected chi connectivity index (χ3v) is 6.16. The van der Waals surface area contributed by atoms with Gasteiger partial charge in [-0.3, -0.25) is 14.4 Å². The van der Waals surface area contributed by atoms with E-state index in [0.29, 0.717) is 21.6 Å². The van der Waals surface area contributed by atoms with Crippen molar-refractivity contribution in [1.82, 2.24) is 10.2 Å². The molecular formula is C21H24N4O4S2. The van der Waals surface area contributed by atoms with Crippen molar-refractivity contribution in [3.8, 4) is 16.3 Å². The van der Waals surface area contributed by atoms with Gasteiger partial charge in [0.25, 0.3) is 0 Å². The predicted octanol–water partition coefficient (Wildman–Crippen LogP) is 3.71. The Kier molecular flexibility index (Phi) is 6.91. The molecular weight excluding hydrogens is 436 g/mol. The number of sulfonamides is 1. The number of ether oxygens (including phenoxy) is 1. The maximum atomic E-state index is 12.6. The number of amides is 1. The van der Waals surface area contributed by atoms with Crippen LogP contribution < -0.4 is 14.4 Å². The van der Waals surface area contributed by atoms with Gasteiger partial charge in [0, 0.05) is 11.6 Å². The second-order valence-electron chi connectivity index (χ2n) is 7.26. The summed E-state index contributed by atoms with van der Waals surface area (Å²) in [6.45, 7) is 5.35. The fraction of sp³-hybridized carbons (Fsp3) is 0.286. The fourth-order valence-electron chi connectivity index (χ4n) is 2.76. The number of aromatic nitrogens is 2. The summed E-state index contributed by atoms with van der Waals surface area (Å²) in [7, 11) is -3.71. The third kappa shape index (κ3) is 6.25. The Morgan fingerprint density at radius 1 is 1.16 bits per heavy atom. The standard InChI is InChI=1S/C21H24N4O4S2/c1-14(2)29-18-7-5-6-17(12-18)25(31(4,27)28)13-19(26)22-21-24-23-20(30-21)16-10-8-15(3)9-11-16/h5-12,14H,13H2,1-4H3,(H,22,24,26). The quantitative estimate of drug-likeness (QED) is 0.550. The third-order valence-electron chi connectivity index (χ3n) is 4.13. The van der Waals surface area contributed by atoms with Gasteiger partial charge in [0.05, 0.1) is 18.0 Å². The van der Waals surface area contributed by atoms with E-state index < -0.39 is 22.5 Å². The van der Waals surface area contributed by atoms with E-state index >= 15 is 0 Å². The van der Waals surface area contributed by atoms with Crippen molar-refractivity contribution < 1.29 is 17.9 Å². The van der Waals surface area contributed by atoms with Gasteiger partial charge in [-0.05, 0) is 32.9 Å². The van der Waals surface area contributed by atoms with Crippen LogP contribution >= 0.6 is 11.3 Å². The molecule has 10 heteroatoms. The molecule has 0 atom stereocenters. The minimum atomic E-state index is -3.71. The molecule has 0 saturated carbocycles. The van der Waals surface area contributed by atoms with Crippen LogP contribution in [-0.2, 0) is 14.8 Å². The van der Waals surface area contributed by atoms with Crippen molar-refractivity contribution in [2.24, 2.45) is 0 Å². The molecule has 0 fully saturated rings. The van der Waals surface area contributed by atoms with Crippen molar-refractivity contribution in [3.05, 3.63) is 54.1 Å². The van der Waals surface area contributed by atoms with Crippen LogP contribution in [0.3, 0.4) is 0 Å². The monoisotopic (exact) mass is 460 g/mol. The Labute approximate surface area is 185 Å². The molecule has 1 amide bonds. The highest BCUT2D eigenvalue weighted by Gasteiger charge is 2.22. The number of hydrogen-bond donors (Lipinski definition) is 1. The number of hydrogen-bond acceptors (Lipinski definition) is 7. The van der Waals surface area contributed by atoms with E-state index in [0.717, 1.165) is 21.7 Å². The number of carbonyl (C=O) groups excluding carboxylic acids is 1. The zero-order chi connectivity index (χ0) is 22.6. The van der Waals surface area contributed by atoms with Gasteiger partial charge in [0.2, 0.25) is 21.1 Å². The largest absolute Gasteiger partial charge is 0.491 e. The predicted molar refractivity (Wildman–Crippen MR) is 123 cm³/mol. The summed E-state index contributed by atoms with van der Waals surface area (Å²) in [4.78, 5) is 12.6. The SMILES string of the molecule is Cc1ccc(-c2nnc(NC(=O)CN(c3cccc(OC(C)C)c3)S(C)(=O)=O)s2)cc1. The summed E-state index contributed by atoms with van der Waals surface area (Å²) in [5.74, 6) is 0.000586. The number of aryl methyl sites for hydroxylation is 1. The van der Waals surface area contributed by atoms with Crippen molar-refractivity contribution in [2.45, 2.75) is 26.9 Å². The van der Waals surface area contributed by atoms with Gasteiger partial charge >= 0.3 is 0 Å². The van der Waals surface area contributed by atoms with Crippen LogP contribution in [0.15, 0.2) is 48.5 Å². The lowest BCUT2D eigenvalue weighted by Crippen LogP contribution is -2.37. The van der Waals surface area contributed by atoms with E-state index in [2.05, 4.69) is 15.5 Å². The molecule has 0 unspecified atom stereocenters. The van der Waals surface area contributed by atoms with Crippen LogP contribution in [0.5, 0.6) is 5.75 Å². The number of carbonyl (C=O) groups is 1. The summed E-state index contributed by atoms with van der Waals surface area (Å²) in [5, 5.41) is 11.7. The summed E-state index contributed by atoms with van der Waals surface area (Å²) in [6, 6.07) is 14.4. The molecule has 0 aliphatic heterocycles. The van der Waals surface area contributed by atoms with Crippen LogP contribution in [-0.4, -0.2) is 43.4 Å². The van der Waals surface area contributed by atoms with E-state index in [4.69, 9.17) is 4.74 Å². The maximum absolute atomic E-state index is 12.6. The molecule has 0 bridgehead atoms. The molecule has 8 nitrogen and oxygen atoms in total. The van der Waals surface area contributed by atoms with Crippen LogP contribution in [0.2, 0.25) is 0 Å². The Bertz CT molecular complexity index is 1160. The number of anilines is 2. The average Bonchev–Trinajstić information content (AvgIpc) is 3.14. The number of rotatable bonds is 8. The normalized spacial score (nSPS) is 11.4. The van der Waals surface area contributed by atoms with Crippen molar-refractivity contribution in [2.75, 3.05) is 22.4 Å². The minimum Gasteiger partial charge on any atom is -0.491 e. The summed E-state index contributed by atoms with van der Waals surface area (Å²) >= 11 is 1.22. The van der Waals surface area contributed by atoms with Crippen molar-refractivity contribution in [1.29, 1.82) is 0 Å². The van der Waals surface area contributed by atoms with Gasteiger partial charge in [-0.15, -0.1) is 10.2 Å². The summed E-state index contributed by atoms with van der Waals surface area (Å²) in [5.41, 5.74) is 2.36. The first-order valence-electron chi connectivity index (χ1n) is 9.56. The first-order chi connectivity index (χ1) is 14.6. The molecule has 0 radical (unpaired) electrons. The first kappa shape index (κ1) is 22.7. The van der Waals surface area contributed by atoms with Gasteiger partial charge in [-0.2, -0.15) is 0 Å². The molecule has 0 aliphatic rings. The van der Waals surface area contributed by atoms with E-state index in [9.17, 15) is 13.2 Å². The van der Waals surface area contributed by atoms with Crippen LogP contribution in [0.25, 0.3) is 10.6 Å². The fourth-order valence-corrected chi connectivity index (χ4v) is 4.37. The zero-order valence-corrected chi connectivity index (χ0v) is 19.3. The molecule has 0 saturated heterocycles. The Morgan fingerprint density at radius 2 is 1.87 bits per heavy atom. The molecule has 1 aromatic heterocycles. The molecule has 31 heavy (non-hydrogen) atoms. The lowest BCUT2D eigenvalue weighted by Gasteiger charge is -2.22. The maximum Gasteiger partial charge on any atom is 0.246 e. The smallest absolute Gasteiger partial charge is 0.246 e. The van der Waals surface area contributed by atoms with Gasteiger partial charge in [-0.25, -0.2) is 8.42 Å². The van der Waals surface area contributed by atoms with E-state index in [1.165, 1.54) is 11.3 Å². The summed E-state index contributed by atoms with van der Waals surface area (Å²) in [6.07, 6.45) is 0.988. The highest BCUT2D eigenvalue weighted by Crippen LogP contribution is 2.27. The Balaban J connectivity index is 1.74. The van der Waals surface area contributed by atoms with Gasteiger partial charge in [-0.1, -0.05) is 47.2 Å². The second-order valence-corrected chi connectivity index (χ2v) is 10.1. The van der Waals surface area contributed by atoms with Crippen molar-refractivity contribution in [3.63, 3.8) is 0 Å². The highest BCUT2D eigenvalue weighted by atomic mass is 32.2. The molecule has 2 aromatic carbocycles. The molecule has 0 spiro atoms. The van der Waals surface area contributed by atoms with Gasteiger partial charge in [0.15, 0.2) is 0 Å². The minimum absolute atomic E-state index is 0.0645. The Hall–Kier alpha value is -2.98. The van der Waals surface area contributed by atoms with Crippen LogP contribution in [0, 0.1) is 6.92 Å². The molecule has 3 aromatic rings. The summed E-state index contributed by atoms with van der Waals surface area (Å²) < 4.78 is 31.4. The van der Waals surface area contributed by atoms with Gasteiger partial charge in [0.1, 0.15) is 17.3 Å². The lowest BCUT2D eigenvalue weighted by atomic mass is 10.2. The molecule has 0 aliphatic carbocycles. The number of benzene rings is 2. The Morgan fingerprint density at radius 3 is 2.52 bits per heavy atom. The topological polar surface area (TPSA) is 101 Å². The highest BCUT2D eigenvalue weighted by molar-refractivity contribution is 7.92. The average molecular weight is 461 g/mol. The lowest BCUT2D eigenvalue weighted by molar-refractivity contribution is -0.114. The molecule has 1 heterocycles. The van der Waals surface area contributed by atoms with Crippen molar-refractivity contribution >= 4 is 38.1 Å². The molecule has 164 valence electrons. The van der Waals surface area contributed by atoms with Gasteiger partial charge < -0.3 is 4.74 Å². The molecule has 3 rings (SSSR count). The van der Waals surface area contributed by atoms with E-state index in [1.807, 2.05) is 45.0 Å². The number of nitrogens with zero attached hydrogens (tertiary/aromatic N) is 3.